The Bertz CT molecular complexity index is 799. The van der Waals surface area contributed by atoms with Crippen LogP contribution in [0.3, 0.4) is 0 Å². The van der Waals surface area contributed by atoms with E-state index in [0.717, 1.165) is 11.3 Å². The minimum absolute atomic E-state index is 0.0970. The number of para-hydroxylation sites is 1. The molecule has 0 saturated carbocycles. The van der Waals surface area contributed by atoms with Crippen LogP contribution in [0.25, 0.3) is 0 Å². The largest absolute Gasteiger partial charge is 0.480 e. The van der Waals surface area contributed by atoms with Crippen molar-refractivity contribution in [3.05, 3.63) is 42.1 Å². The van der Waals surface area contributed by atoms with Crippen LogP contribution in [-0.4, -0.2) is 39.2 Å². The summed E-state index contributed by atoms with van der Waals surface area (Å²) in [6, 6.07) is 9.01. The number of nitrogens with one attached hydrogen (secondary N) is 1. The zero-order valence-corrected chi connectivity index (χ0v) is 12.8. The van der Waals surface area contributed by atoms with Gasteiger partial charge in [-0.15, -0.1) is 0 Å². The number of carboxylic acid groups (broad SMARTS) is 1. The number of carbonyl (C=O) groups excluding carboxylic acids is 2. The molecule has 0 atom stereocenters. The molecule has 0 unspecified atom stereocenters. The molecule has 0 radical (unpaired) electrons. The lowest BCUT2D eigenvalue weighted by molar-refractivity contribution is -0.137. The van der Waals surface area contributed by atoms with Crippen LogP contribution < -0.4 is 10.2 Å². The van der Waals surface area contributed by atoms with Crippen LogP contribution in [0, 0.1) is 0 Å². The van der Waals surface area contributed by atoms with Crippen molar-refractivity contribution in [3.8, 4) is 0 Å². The van der Waals surface area contributed by atoms with Gasteiger partial charge in [0.15, 0.2) is 5.82 Å². The molecule has 24 heavy (non-hydrogen) atoms. The van der Waals surface area contributed by atoms with Gasteiger partial charge < -0.3 is 15.3 Å². The predicted octanol–water partition coefficient (Wildman–Crippen LogP) is 0.886. The van der Waals surface area contributed by atoms with Gasteiger partial charge in [-0.05, 0) is 18.1 Å². The SMILES string of the molecule is O=C(O)Cn1ccc(NC(=O)CN2C(=O)CCc3ccccc32)n1. The maximum Gasteiger partial charge on any atom is 0.325 e. The van der Waals surface area contributed by atoms with Gasteiger partial charge in [0.05, 0.1) is 0 Å². The second-order valence-corrected chi connectivity index (χ2v) is 5.45. The summed E-state index contributed by atoms with van der Waals surface area (Å²) in [5, 5.41) is 15.2. The molecule has 1 aliphatic rings. The molecule has 2 amide bonds. The fraction of sp³-hybridized carbons (Fsp3) is 0.250. The highest BCUT2D eigenvalue weighted by Gasteiger charge is 2.25. The molecule has 0 bridgehead atoms. The molecule has 8 nitrogen and oxygen atoms in total. The molecule has 1 aromatic carbocycles. The third-order valence-corrected chi connectivity index (χ3v) is 3.70. The maximum absolute atomic E-state index is 12.2. The number of carbonyl (C=O) groups is 3. The van der Waals surface area contributed by atoms with E-state index in [4.69, 9.17) is 5.11 Å². The van der Waals surface area contributed by atoms with E-state index in [1.54, 1.807) is 0 Å². The Morgan fingerprint density at radius 1 is 1.17 bits per heavy atom. The third-order valence-electron chi connectivity index (χ3n) is 3.70. The minimum Gasteiger partial charge on any atom is -0.480 e. The van der Waals surface area contributed by atoms with E-state index in [0.29, 0.717) is 12.8 Å². The lowest BCUT2D eigenvalue weighted by Gasteiger charge is -2.28. The molecule has 3 rings (SSSR count). The lowest BCUT2D eigenvalue weighted by atomic mass is 10.0. The predicted molar refractivity (Wildman–Crippen MR) is 85.6 cm³/mol. The van der Waals surface area contributed by atoms with Crippen LogP contribution in [0.2, 0.25) is 0 Å². The van der Waals surface area contributed by atoms with Crippen LogP contribution in [0.4, 0.5) is 11.5 Å². The maximum atomic E-state index is 12.2. The quantitative estimate of drug-likeness (QED) is 0.848. The summed E-state index contributed by atoms with van der Waals surface area (Å²) >= 11 is 0. The first kappa shape index (κ1) is 15.7. The van der Waals surface area contributed by atoms with Crippen LogP contribution in [0.15, 0.2) is 36.5 Å². The van der Waals surface area contributed by atoms with Gasteiger partial charge >= 0.3 is 5.97 Å². The Morgan fingerprint density at radius 2 is 1.96 bits per heavy atom. The number of carboxylic acids is 1. The summed E-state index contributed by atoms with van der Waals surface area (Å²) in [6.45, 7) is -0.393. The van der Waals surface area contributed by atoms with E-state index < -0.39 is 5.97 Å². The number of anilines is 2. The van der Waals surface area contributed by atoms with Gasteiger partial charge in [0.25, 0.3) is 0 Å². The average Bonchev–Trinajstić information content (AvgIpc) is 2.96. The molecule has 2 N–H and O–H groups in total. The number of aromatic nitrogens is 2. The van der Waals surface area contributed by atoms with E-state index in [1.165, 1.54) is 21.8 Å². The second kappa shape index (κ2) is 6.53. The first-order valence-electron chi connectivity index (χ1n) is 7.46. The number of amides is 2. The summed E-state index contributed by atoms with van der Waals surface area (Å²) in [4.78, 5) is 36.4. The Kier molecular flexibility index (Phi) is 4.28. The summed E-state index contributed by atoms with van der Waals surface area (Å²) in [6.07, 6.45) is 2.51. The topological polar surface area (TPSA) is 105 Å². The molecule has 0 aliphatic carbocycles. The van der Waals surface area contributed by atoms with Crippen molar-refractivity contribution in [1.82, 2.24) is 9.78 Å². The summed E-state index contributed by atoms with van der Waals surface area (Å²) in [5.41, 5.74) is 1.79. The molecular weight excluding hydrogens is 312 g/mol. The van der Waals surface area contributed by atoms with E-state index in [1.807, 2.05) is 24.3 Å². The van der Waals surface area contributed by atoms with Crippen molar-refractivity contribution in [3.63, 3.8) is 0 Å². The molecule has 8 heteroatoms. The molecule has 2 heterocycles. The number of nitrogens with zero attached hydrogens (tertiary/aromatic N) is 3. The first-order chi connectivity index (χ1) is 11.5. The van der Waals surface area contributed by atoms with Crippen molar-refractivity contribution in [2.75, 3.05) is 16.8 Å². The average molecular weight is 328 g/mol. The van der Waals surface area contributed by atoms with E-state index >= 15 is 0 Å². The Balaban J connectivity index is 1.67. The van der Waals surface area contributed by atoms with Gasteiger partial charge in [-0.25, -0.2) is 0 Å². The molecule has 1 aromatic heterocycles. The molecule has 124 valence electrons. The van der Waals surface area contributed by atoms with Crippen molar-refractivity contribution < 1.29 is 19.5 Å². The Morgan fingerprint density at radius 3 is 2.75 bits per heavy atom. The van der Waals surface area contributed by atoms with E-state index in [9.17, 15) is 14.4 Å². The molecule has 0 spiro atoms. The summed E-state index contributed by atoms with van der Waals surface area (Å²) < 4.78 is 1.21. The summed E-state index contributed by atoms with van der Waals surface area (Å²) in [7, 11) is 0. The van der Waals surface area contributed by atoms with Crippen LogP contribution in [0.1, 0.15) is 12.0 Å². The zero-order valence-electron chi connectivity index (χ0n) is 12.8. The number of hydrogen-bond acceptors (Lipinski definition) is 4. The van der Waals surface area contributed by atoms with Crippen LogP contribution >= 0.6 is 0 Å². The summed E-state index contributed by atoms with van der Waals surface area (Å²) in [5.74, 6) is -1.26. The van der Waals surface area contributed by atoms with Gasteiger partial charge in [-0.3, -0.25) is 19.1 Å². The monoisotopic (exact) mass is 328 g/mol. The molecular formula is C16H16N4O4. The number of aliphatic carboxylic acids is 1. The molecule has 1 aliphatic heterocycles. The number of hydrogen-bond donors (Lipinski definition) is 2. The minimum atomic E-state index is -1.02. The Hall–Kier alpha value is -3.16. The smallest absolute Gasteiger partial charge is 0.325 e. The zero-order chi connectivity index (χ0) is 17.1. The third kappa shape index (κ3) is 3.43. The molecule has 0 fully saturated rings. The fourth-order valence-corrected chi connectivity index (χ4v) is 2.65. The second-order valence-electron chi connectivity index (χ2n) is 5.45. The number of benzene rings is 1. The van der Waals surface area contributed by atoms with Gasteiger partial charge in [0.2, 0.25) is 11.8 Å². The van der Waals surface area contributed by atoms with Crippen molar-refractivity contribution >= 4 is 29.3 Å². The van der Waals surface area contributed by atoms with Gasteiger partial charge in [-0.2, -0.15) is 5.10 Å². The van der Waals surface area contributed by atoms with Crippen LogP contribution in [0.5, 0.6) is 0 Å². The highest BCUT2D eigenvalue weighted by atomic mass is 16.4. The van der Waals surface area contributed by atoms with Crippen molar-refractivity contribution in [2.45, 2.75) is 19.4 Å². The van der Waals surface area contributed by atoms with E-state index in [-0.39, 0.29) is 30.7 Å². The Labute approximate surface area is 137 Å². The van der Waals surface area contributed by atoms with Crippen LogP contribution in [-0.2, 0) is 27.3 Å². The number of fused-ring (bicyclic) bond motifs is 1. The molecule has 0 saturated heterocycles. The van der Waals surface area contributed by atoms with Gasteiger partial charge in [0.1, 0.15) is 13.1 Å². The van der Waals surface area contributed by atoms with Gasteiger partial charge in [-0.1, -0.05) is 18.2 Å². The highest BCUT2D eigenvalue weighted by Crippen LogP contribution is 2.27. The number of aryl methyl sites for hydroxylation is 1. The van der Waals surface area contributed by atoms with Crippen molar-refractivity contribution in [1.29, 1.82) is 0 Å². The van der Waals surface area contributed by atoms with Gasteiger partial charge in [0, 0.05) is 24.4 Å². The lowest BCUT2D eigenvalue weighted by Crippen LogP contribution is -2.40. The number of rotatable bonds is 5. The normalized spacial score (nSPS) is 13.5. The van der Waals surface area contributed by atoms with Crippen molar-refractivity contribution in [2.24, 2.45) is 0 Å². The fourth-order valence-electron chi connectivity index (χ4n) is 2.65. The van der Waals surface area contributed by atoms with E-state index in [2.05, 4.69) is 10.4 Å². The standard InChI is InChI=1S/C16H16N4O4/c21-14(17-13-7-8-19(18-13)10-16(23)24)9-20-12-4-2-1-3-11(12)5-6-15(20)22/h1-4,7-8H,5-6,9-10H2,(H,23,24)(H,17,18,21). The first-order valence-corrected chi connectivity index (χ1v) is 7.46. The molecule has 2 aromatic rings. The highest BCUT2D eigenvalue weighted by molar-refractivity contribution is 6.03.